The number of hydrogen-bond donors (Lipinski definition) is 2. The topological polar surface area (TPSA) is 40.7 Å². The van der Waals surface area contributed by atoms with Crippen LogP contribution in [0.15, 0.2) is 36.5 Å². The van der Waals surface area contributed by atoms with E-state index in [-0.39, 0.29) is 0 Å². The summed E-state index contributed by atoms with van der Waals surface area (Å²) in [4.78, 5) is 7.91. The molecule has 0 unspecified atom stereocenters. The number of rotatable bonds is 3. The van der Waals surface area contributed by atoms with E-state index in [1.807, 2.05) is 12.3 Å². The molecule has 0 amide bonds. The Kier molecular flexibility index (Phi) is 2.92. The summed E-state index contributed by atoms with van der Waals surface area (Å²) >= 11 is 0. The zero-order valence-corrected chi connectivity index (χ0v) is 9.82. The number of nitrogens with one attached hydrogen (secondary N) is 2. The first kappa shape index (κ1) is 10.5. The van der Waals surface area contributed by atoms with Crippen molar-refractivity contribution in [2.24, 2.45) is 0 Å². The van der Waals surface area contributed by atoms with Crippen molar-refractivity contribution in [3.8, 4) is 0 Å². The molecule has 3 heteroatoms. The summed E-state index contributed by atoms with van der Waals surface area (Å²) in [5.74, 6) is 1.09. The Labute approximate surface area is 101 Å². The van der Waals surface area contributed by atoms with Gasteiger partial charge in [0, 0.05) is 18.3 Å². The van der Waals surface area contributed by atoms with Crippen LogP contribution in [0.5, 0.6) is 0 Å². The summed E-state index contributed by atoms with van der Waals surface area (Å²) in [5.41, 5.74) is 2.52. The van der Waals surface area contributed by atoms with Crippen molar-refractivity contribution in [2.75, 3.05) is 6.54 Å². The minimum atomic E-state index is 0.430. The predicted molar refractivity (Wildman–Crippen MR) is 67.8 cm³/mol. The van der Waals surface area contributed by atoms with E-state index >= 15 is 0 Å². The lowest BCUT2D eigenvalue weighted by Crippen LogP contribution is -2.14. The molecule has 1 aliphatic heterocycles. The van der Waals surface area contributed by atoms with Crippen LogP contribution < -0.4 is 5.32 Å². The Bertz CT molecular complexity index is 469. The Balaban J connectivity index is 1.72. The molecule has 0 radical (unpaired) electrons. The van der Waals surface area contributed by atoms with Crippen LogP contribution in [0.3, 0.4) is 0 Å². The summed E-state index contributed by atoms with van der Waals surface area (Å²) < 4.78 is 0. The van der Waals surface area contributed by atoms with Crippen molar-refractivity contribution < 1.29 is 0 Å². The van der Waals surface area contributed by atoms with Gasteiger partial charge in [-0.2, -0.15) is 0 Å². The average Bonchev–Trinajstić information content (AvgIpc) is 3.00. The zero-order valence-electron chi connectivity index (χ0n) is 9.82. The van der Waals surface area contributed by atoms with E-state index in [1.54, 1.807) is 0 Å². The van der Waals surface area contributed by atoms with E-state index in [2.05, 4.69) is 39.6 Å². The van der Waals surface area contributed by atoms with Crippen molar-refractivity contribution >= 4 is 0 Å². The molecule has 0 bridgehead atoms. The standard InChI is InChI=1S/C14H17N3/c1-2-5-11(6-3-1)9-12-10-16-14(17-12)13-7-4-8-15-13/h1-3,5-6,10,13,15H,4,7-9H2,(H,16,17)/t13-/m0/s1. The van der Waals surface area contributed by atoms with E-state index in [4.69, 9.17) is 0 Å². The van der Waals surface area contributed by atoms with Crippen LogP contribution in [-0.2, 0) is 6.42 Å². The SMILES string of the molecule is c1ccc(Cc2cnc([C@@H]3CCCN3)[nH]2)cc1. The van der Waals surface area contributed by atoms with Gasteiger partial charge in [0.2, 0.25) is 0 Å². The first-order chi connectivity index (χ1) is 8.42. The number of benzene rings is 1. The lowest BCUT2D eigenvalue weighted by molar-refractivity contribution is 0.611. The van der Waals surface area contributed by atoms with Crippen molar-refractivity contribution in [1.82, 2.24) is 15.3 Å². The van der Waals surface area contributed by atoms with E-state index in [9.17, 15) is 0 Å². The lowest BCUT2D eigenvalue weighted by Gasteiger charge is -2.05. The van der Waals surface area contributed by atoms with Crippen LogP contribution in [0.1, 0.15) is 36.0 Å². The smallest absolute Gasteiger partial charge is 0.123 e. The third-order valence-corrected chi connectivity index (χ3v) is 3.28. The second-order valence-corrected chi connectivity index (χ2v) is 4.60. The second kappa shape index (κ2) is 4.72. The van der Waals surface area contributed by atoms with Crippen molar-refractivity contribution in [2.45, 2.75) is 25.3 Å². The monoisotopic (exact) mass is 227 g/mol. The van der Waals surface area contributed by atoms with E-state index in [0.29, 0.717) is 6.04 Å². The lowest BCUT2D eigenvalue weighted by atomic mass is 10.1. The maximum atomic E-state index is 4.48. The van der Waals surface area contributed by atoms with Crippen molar-refractivity contribution in [3.63, 3.8) is 0 Å². The van der Waals surface area contributed by atoms with Gasteiger partial charge in [-0.25, -0.2) is 4.98 Å². The molecule has 1 aromatic heterocycles. The predicted octanol–water partition coefficient (Wildman–Crippen LogP) is 2.42. The molecule has 1 fully saturated rings. The van der Waals surface area contributed by atoms with Gasteiger partial charge in [-0.15, -0.1) is 0 Å². The number of imidazole rings is 1. The highest BCUT2D eigenvalue weighted by molar-refractivity contribution is 5.21. The molecule has 1 aromatic carbocycles. The van der Waals surface area contributed by atoms with E-state index in [1.165, 1.54) is 24.1 Å². The molecule has 88 valence electrons. The normalized spacial score (nSPS) is 19.6. The van der Waals surface area contributed by atoms with Crippen LogP contribution in [-0.4, -0.2) is 16.5 Å². The van der Waals surface area contributed by atoms with Crippen LogP contribution >= 0.6 is 0 Å². The van der Waals surface area contributed by atoms with Crippen LogP contribution in [0.4, 0.5) is 0 Å². The minimum Gasteiger partial charge on any atom is -0.344 e. The Morgan fingerprint density at radius 2 is 2.12 bits per heavy atom. The molecule has 1 saturated heterocycles. The first-order valence-electron chi connectivity index (χ1n) is 6.23. The van der Waals surface area contributed by atoms with Crippen molar-refractivity contribution in [3.05, 3.63) is 53.6 Å². The van der Waals surface area contributed by atoms with E-state index < -0.39 is 0 Å². The largest absolute Gasteiger partial charge is 0.344 e. The highest BCUT2D eigenvalue weighted by Gasteiger charge is 2.18. The third-order valence-electron chi connectivity index (χ3n) is 3.28. The molecular formula is C14H17N3. The van der Waals surface area contributed by atoms with Gasteiger partial charge in [0.1, 0.15) is 5.82 Å². The summed E-state index contributed by atoms with van der Waals surface area (Å²) in [6, 6.07) is 10.9. The number of hydrogen-bond acceptors (Lipinski definition) is 2. The minimum absolute atomic E-state index is 0.430. The maximum Gasteiger partial charge on any atom is 0.123 e. The Hall–Kier alpha value is -1.61. The summed E-state index contributed by atoms with van der Waals surface area (Å²) in [7, 11) is 0. The Morgan fingerprint density at radius 3 is 2.88 bits per heavy atom. The molecule has 2 aromatic rings. The van der Waals surface area contributed by atoms with Gasteiger partial charge < -0.3 is 10.3 Å². The molecule has 17 heavy (non-hydrogen) atoms. The molecule has 2 heterocycles. The number of aromatic nitrogens is 2. The molecule has 0 saturated carbocycles. The molecular weight excluding hydrogens is 210 g/mol. The first-order valence-corrected chi connectivity index (χ1v) is 6.23. The van der Waals surface area contributed by atoms with Gasteiger partial charge in [-0.1, -0.05) is 30.3 Å². The third kappa shape index (κ3) is 2.39. The summed E-state index contributed by atoms with van der Waals surface area (Å²) in [6.45, 7) is 1.11. The van der Waals surface area contributed by atoms with Gasteiger partial charge >= 0.3 is 0 Å². The fourth-order valence-electron chi connectivity index (χ4n) is 2.38. The average molecular weight is 227 g/mol. The quantitative estimate of drug-likeness (QED) is 0.845. The number of H-pyrrole nitrogens is 1. The molecule has 3 rings (SSSR count). The molecule has 0 aliphatic carbocycles. The fourth-order valence-corrected chi connectivity index (χ4v) is 2.38. The highest BCUT2D eigenvalue weighted by atomic mass is 15.0. The summed E-state index contributed by atoms with van der Waals surface area (Å²) in [5, 5.41) is 3.46. The van der Waals surface area contributed by atoms with Crippen LogP contribution in [0.25, 0.3) is 0 Å². The zero-order chi connectivity index (χ0) is 11.5. The van der Waals surface area contributed by atoms with E-state index in [0.717, 1.165) is 18.8 Å². The number of aromatic amines is 1. The molecule has 3 nitrogen and oxygen atoms in total. The second-order valence-electron chi connectivity index (χ2n) is 4.60. The molecule has 2 N–H and O–H groups in total. The fraction of sp³-hybridized carbons (Fsp3) is 0.357. The summed E-state index contributed by atoms with van der Waals surface area (Å²) in [6.07, 6.45) is 5.33. The van der Waals surface area contributed by atoms with Crippen LogP contribution in [0.2, 0.25) is 0 Å². The van der Waals surface area contributed by atoms with Gasteiger partial charge in [0.05, 0.1) is 6.04 Å². The van der Waals surface area contributed by atoms with Gasteiger partial charge in [-0.05, 0) is 24.9 Å². The molecule has 1 aliphatic rings. The van der Waals surface area contributed by atoms with Crippen molar-refractivity contribution in [1.29, 1.82) is 0 Å². The van der Waals surface area contributed by atoms with Gasteiger partial charge in [-0.3, -0.25) is 0 Å². The number of nitrogens with zero attached hydrogens (tertiary/aromatic N) is 1. The molecule has 1 atom stereocenters. The van der Waals surface area contributed by atoms with Gasteiger partial charge in [0.25, 0.3) is 0 Å². The maximum absolute atomic E-state index is 4.48. The molecule has 0 spiro atoms. The van der Waals surface area contributed by atoms with Gasteiger partial charge in [0.15, 0.2) is 0 Å². The highest BCUT2D eigenvalue weighted by Crippen LogP contribution is 2.20. The van der Waals surface area contributed by atoms with Crippen LogP contribution in [0, 0.1) is 0 Å². The Morgan fingerprint density at radius 1 is 1.24 bits per heavy atom.